The number of phenols is 1. The number of hydrogen-bond acceptors (Lipinski definition) is 8. The molecule has 11 atom stereocenters. The molecule has 2 amide bonds. The highest BCUT2D eigenvalue weighted by Crippen LogP contribution is 2.60. The number of aliphatic hydroxyl groups is 3. The van der Waals surface area contributed by atoms with Crippen LogP contribution in [0.25, 0.3) is 0 Å². The van der Waals surface area contributed by atoms with Gasteiger partial charge in [-0.2, -0.15) is 0 Å². The summed E-state index contributed by atoms with van der Waals surface area (Å²) in [5, 5.41) is 44.8. The molecule has 5 N–H and O–H groups in total. The van der Waals surface area contributed by atoms with Crippen LogP contribution in [-0.2, 0) is 38.0 Å². The number of aryl methyl sites for hydroxylation is 2. The van der Waals surface area contributed by atoms with E-state index in [-0.39, 0.29) is 40.2 Å². The highest BCUT2D eigenvalue weighted by atomic mass is 16.7. The van der Waals surface area contributed by atoms with E-state index in [2.05, 4.69) is 19.2 Å². The summed E-state index contributed by atoms with van der Waals surface area (Å²) in [7, 11) is 0. The Bertz CT molecular complexity index is 1660. The number of imide groups is 1. The number of carbonyl (C=O) groups is 2. The number of aromatic hydroxyl groups is 1. The van der Waals surface area contributed by atoms with Crippen molar-refractivity contribution in [2.75, 3.05) is 0 Å². The van der Waals surface area contributed by atoms with Crippen molar-refractivity contribution in [2.24, 2.45) is 22.7 Å². The number of phenolic OH excluding ortho intramolecular Hbond substituents is 1. The van der Waals surface area contributed by atoms with Crippen molar-refractivity contribution in [3.05, 3.63) is 58.7 Å². The van der Waals surface area contributed by atoms with Gasteiger partial charge in [0.1, 0.15) is 29.8 Å². The number of hydrogen-bond donors (Lipinski definition) is 5. The molecule has 0 unspecified atom stereocenters. The number of ether oxygens (including phenoxy) is 2. The van der Waals surface area contributed by atoms with Crippen molar-refractivity contribution < 1.29 is 39.5 Å². The summed E-state index contributed by atoms with van der Waals surface area (Å²) < 4.78 is 12.0. The zero-order valence-corrected chi connectivity index (χ0v) is 30.2. The lowest BCUT2D eigenvalue weighted by Crippen LogP contribution is -2.60. The van der Waals surface area contributed by atoms with Gasteiger partial charge in [-0.15, -0.1) is 0 Å². The van der Waals surface area contributed by atoms with Gasteiger partial charge in [0.25, 0.3) is 0 Å². The van der Waals surface area contributed by atoms with E-state index in [1.807, 2.05) is 51.1 Å². The SMILES string of the molecule is CC[C@H]1O[C@@H](Oc2ccc3c(c2)[C@@]2(C)CCC[C@](C)(C(=O)NC(=O)[C@@]4(C)CCC[C@]5(C)c6cc(O)ccc6CC[C@@H]45)[C@@H]2CC3)[C@H](O)[C@@H](O)[C@@H]1O. The van der Waals surface area contributed by atoms with Gasteiger partial charge in [0.2, 0.25) is 18.1 Å². The number of nitrogens with one attached hydrogen (secondary N) is 1. The third-order valence-corrected chi connectivity index (χ3v) is 14.3. The third-order valence-electron chi connectivity index (χ3n) is 14.3. The molecule has 1 heterocycles. The third kappa shape index (κ3) is 5.41. The molecule has 2 aromatic carbocycles. The number of benzene rings is 2. The Morgan fingerprint density at radius 1 is 0.780 bits per heavy atom. The Hall–Kier alpha value is -2.98. The molecular formula is C41H55NO8. The van der Waals surface area contributed by atoms with Gasteiger partial charge in [-0.05, 0) is 127 Å². The minimum absolute atomic E-state index is 0.00813. The van der Waals surface area contributed by atoms with E-state index >= 15 is 0 Å². The largest absolute Gasteiger partial charge is 0.508 e. The molecule has 3 fully saturated rings. The van der Waals surface area contributed by atoms with E-state index in [0.717, 1.165) is 68.9 Å². The maximum atomic E-state index is 14.5. The van der Waals surface area contributed by atoms with Gasteiger partial charge in [-0.3, -0.25) is 14.9 Å². The van der Waals surface area contributed by atoms with Crippen molar-refractivity contribution in [1.82, 2.24) is 5.32 Å². The molecule has 0 spiro atoms. The molecule has 1 saturated heterocycles. The number of carbonyl (C=O) groups excluding carboxylic acids is 2. The molecule has 0 aromatic heterocycles. The molecule has 9 nitrogen and oxygen atoms in total. The zero-order valence-electron chi connectivity index (χ0n) is 30.2. The number of amides is 2. The minimum atomic E-state index is -1.41. The smallest absolute Gasteiger partial charge is 0.232 e. The van der Waals surface area contributed by atoms with Gasteiger partial charge < -0.3 is 29.9 Å². The Balaban J connectivity index is 1.12. The number of aliphatic hydroxyl groups excluding tert-OH is 3. The Morgan fingerprint density at radius 2 is 1.32 bits per heavy atom. The van der Waals surface area contributed by atoms with E-state index in [1.54, 1.807) is 6.07 Å². The maximum absolute atomic E-state index is 14.5. The van der Waals surface area contributed by atoms with Gasteiger partial charge in [0.15, 0.2) is 0 Å². The Kier molecular flexibility index (Phi) is 8.93. The van der Waals surface area contributed by atoms with Crippen LogP contribution in [0, 0.1) is 22.7 Å². The lowest BCUT2D eigenvalue weighted by molar-refractivity contribution is -0.272. The molecule has 272 valence electrons. The Morgan fingerprint density at radius 3 is 1.88 bits per heavy atom. The number of rotatable bonds is 5. The molecule has 0 bridgehead atoms. The second-order valence-electron chi connectivity index (χ2n) is 17.0. The second kappa shape index (κ2) is 12.6. The standard InChI is InChI=1S/C41H55NO8/c1-6-29-32(44)33(45)34(46)35(50-29)49-26-14-10-24-12-16-31-39(3,28(24)22-26)18-8-20-41(31,5)37(48)42-36(47)40(4)19-7-17-38(2)27-21-25(43)13-9-23(27)11-15-30(38)40/h9-10,13-14,21-22,29-35,43-46H,6-8,11-12,15-20H2,1-5H3,(H,42,47,48)/t29-,30-,31-,32-,33+,34-,35-,38-,39-,40+,41+/m1/s1. The van der Waals surface area contributed by atoms with Gasteiger partial charge >= 0.3 is 0 Å². The first-order valence-corrected chi connectivity index (χ1v) is 18.8. The summed E-state index contributed by atoms with van der Waals surface area (Å²) in [6.45, 7) is 10.4. The van der Waals surface area contributed by atoms with Crippen molar-refractivity contribution in [2.45, 2.75) is 147 Å². The second-order valence-corrected chi connectivity index (χ2v) is 17.0. The molecule has 5 aliphatic rings. The molecule has 4 aliphatic carbocycles. The first-order chi connectivity index (χ1) is 23.7. The topological polar surface area (TPSA) is 146 Å². The molecule has 50 heavy (non-hydrogen) atoms. The molecule has 2 aromatic rings. The zero-order chi connectivity index (χ0) is 35.8. The molecule has 7 rings (SSSR count). The lowest BCUT2D eigenvalue weighted by atomic mass is 9.49. The highest BCUT2D eigenvalue weighted by Gasteiger charge is 2.58. The van der Waals surface area contributed by atoms with E-state index in [0.29, 0.717) is 18.6 Å². The van der Waals surface area contributed by atoms with E-state index in [4.69, 9.17) is 9.47 Å². The first-order valence-electron chi connectivity index (χ1n) is 18.8. The van der Waals surface area contributed by atoms with E-state index in [9.17, 15) is 30.0 Å². The van der Waals surface area contributed by atoms with Crippen LogP contribution in [0.1, 0.15) is 115 Å². The average molecular weight is 690 g/mol. The monoisotopic (exact) mass is 689 g/mol. The van der Waals surface area contributed by atoms with Crippen molar-refractivity contribution in [1.29, 1.82) is 0 Å². The molecule has 9 heteroatoms. The summed E-state index contributed by atoms with van der Waals surface area (Å²) in [6.07, 6.45) is 2.97. The maximum Gasteiger partial charge on any atom is 0.232 e. The van der Waals surface area contributed by atoms with Crippen molar-refractivity contribution in [3.63, 3.8) is 0 Å². The fourth-order valence-electron chi connectivity index (χ4n) is 11.4. The molecule has 1 aliphatic heterocycles. The van der Waals surface area contributed by atoms with Gasteiger partial charge in [-0.25, -0.2) is 0 Å². The predicted octanol–water partition coefficient (Wildman–Crippen LogP) is 5.35. The minimum Gasteiger partial charge on any atom is -0.508 e. The summed E-state index contributed by atoms with van der Waals surface area (Å²) >= 11 is 0. The van der Waals surface area contributed by atoms with Gasteiger partial charge in [0.05, 0.1) is 16.9 Å². The van der Waals surface area contributed by atoms with Crippen LogP contribution in [0.15, 0.2) is 36.4 Å². The van der Waals surface area contributed by atoms with Crippen molar-refractivity contribution in [3.8, 4) is 11.5 Å². The lowest BCUT2D eigenvalue weighted by Gasteiger charge is -2.56. The van der Waals surface area contributed by atoms with Crippen LogP contribution < -0.4 is 10.1 Å². The van der Waals surface area contributed by atoms with Gasteiger partial charge in [-0.1, -0.05) is 59.6 Å². The molecular weight excluding hydrogens is 634 g/mol. The van der Waals surface area contributed by atoms with Crippen molar-refractivity contribution >= 4 is 11.8 Å². The van der Waals surface area contributed by atoms with Crippen LogP contribution in [0.2, 0.25) is 0 Å². The van der Waals surface area contributed by atoms with Crippen LogP contribution >= 0.6 is 0 Å². The van der Waals surface area contributed by atoms with E-state index in [1.165, 1.54) is 11.1 Å². The first kappa shape index (κ1) is 35.4. The number of fused-ring (bicyclic) bond motifs is 6. The normalized spacial score (nSPS) is 40.8. The van der Waals surface area contributed by atoms with Gasteiger partial charge in [0, 0.05) is 0 Å². The van der Waals surface area contributed by atoms with E-state index < -0.39 is 41.5 Å². The van der Waals surface area contributed by atoms with Crippen LogP contribution in [0.4, 0.5) is 0 Å². The van der Waals surface area contributed by atoms with Crippen LogP contribution in [-0.4, -0.2) is 62.9 Å². The molecule has 2 saturated carbocycles. The predicted molar refractivity (Wildman–Crippen MR) is 188 cm³/mol. The fourth-order valence-corrected chi connectivity index (χ4v) is 11.4. The quantitative estimate of drug-likeness (QED) is 0.264. The summed E-state index contributed by atoms with van der Waals surface area (Å²) in [6, 6.07) is 11.5. The summed E-state index contributed by atoms with van der Waals surface area (Å²) in [5.74, 6) is 0.433. The summed E-state index contributed by atoms with van der Waals surface area (Å²) in [5.41, 5.74) is 2.61. The molecule has 0 radical (unpaired) electrons. The van der Waals surface area contributed by atoms with Crippen LogP contribution in [0.5, 0.6) is 11.5 Å². The summed E-state index contributed by atoms with van der Waals surface area (Å²) in [4.78, 5) is 28.9. The Labute approximate surface area is 295 Å². The average Bonchev–Trinajstić information content (AvgIpc) is 3.08. The van der Waals surface area contributed by atoms with Crippen LogP contribution in [0.3, 0.4) is 0 Å². The fraction of sp³-hybridized carbons (Fsp3) is 0.659. The highest BCUT2D eigenvalue weighted by molar-refractivity contribution is 6.00.